The Balaban J connectivity index is 2.20. The van der Waals surface area contributed by atoms with Crippen molar-refractivity contribution in [2.45, 2.75) is 0 Å². The molecule has 0 unspecified atom stereocenters. The largest absolute Gasteiger partial charge is 0.502 e. The summed E-state index contributed by atoms with van der Waals surface area (Å²) in [5, 5.41) is 23.2. The number of hydrogen-bond acceptors (Lipinski definition) is 5. The third-order valence-electron chi connectivity index (χ3n) is 2.82. The van der Waals surface area contributed by atoms with Gasteiger partial charge in [0.1, 0.15) is 0 Å². The average molecular weight is 251 g/mol. The first-order valence-corrected chi connectivity index (χ1v) is 5.57. The number of aromatic hydroxyl groups is 1. The highest BCUT2D eigenvalue weighted by Crippen LogP contribution is 2.26. The van der Waals surface area contributed by atoms with Gasteiger partial charge in [0.2, 0.25) is 0 Å². The van der Waals surface area contributed by atoms with Crippen molar-refractivity contribution in [3.05, 3.63) is 33.9 Å². The topological polar surface area (TPSA) is 95.7 Å². The first kappa shape index (κ1) is 12.3. The van der Waals surface area contributed by atoms with Crippen LogP contribution in [0.1, 0.15) is 10.4 Å². The van der Waals surface area contributed by atoms with Gasteiger partial charge < -0.3 is 15.3 Å². The van der Waals surface area contributed by atoms with Gasteiger partial charge in [0.05, 0.1) is 4.92 Å². The summed E-state index contributed by atoms with van der Waals surface area (Å²) in [6.07, 6.45) is 0. The van der Waals surface area contributed by atoms with E-state index in [1.54, 1.807) is 4.90 Å². The molecule has 1 aromatic carbocycles. The summed E-state index contributed by atoms with van der Waals surface area (Å²) < 4.78 is 0. The van der Waals surface area contributed by atoms with Gasteiger partial charge in [0.25, 0.3) is 5.91 Å². The number of rotatable bonds is 2. The van der Waals surface area contributed by atoms with E-state index in [9.17, 15) is 20.0 Å². The first-order chi connectivity index (χ1) is 8.59. The number of phenolic OH excluding ortho intramolecular Hbond substituents is 1. The lowest BCUT2D eigenvalue weighted by atomic mass is 10.1. The van der Waals surface area contributed by atoms with Gasteiger partial charge in [-0.25, -0.2) is 0 Å². The van der Waals surface area contributed by atoms with Crippen molar-refractivity contribution in [1.82, 2.24) is 10.2 Å². The number of nitro benzene ring substituents is 1. The summed E-state index contributed by atoms with van der Waals surface area (Å²) in [7, 11) is 0. The lowest BCUT2D eigenvalue weighted by molar-refractivity contribution is -0.385. The summed E-state index contributed by atoms with van der Waals surface area (Å²) in [5.74, 6) is -0.706. The molecule has 1 aliphatic rings. The van der Waals surface area contributed by atoms with Crippen molar-refractivity contribution >= 4 is 11.6 Å². The Morgan fingerprint density at radius 1 is 1.39 bits per heavy atom. The molecule has 1 saturated heterocycles. The normalized spacial score (nSPS) is 15.4. The zero-order valence-corrected chi connectivity index (χ0v) is 9.63. The van der Waals surface area contributed by atoms with Gasteiger partial charge in [-0.2, -0.15) is 0 Å². The minimum absolute atomic E-state index is 0.221. The van der Waals surface area contributed by atoms with Crippen molar-refractivity contribution in [2.75, 3.05) is 26.2 Å². The van der Waals surface area contributed by atoms with Crippen LogP contribution in [-0.2, 0) is 0 Å². The van der Waals surface area contributed by atoms with Gasteiger partial charge in [-0.15, -0.1) is 0 Å². The third-order valence-corrected chi connectivity index (χ3v) is 2.82. The summed E-state index contributed by atoms with van der Waals surface area (Å²) >= 11 is 0. The molecule has 0 aromatic heterocycles. The predicted octanol–water partition coefficient (Wildman–Crippen LogP) is 0.346. The maximum absolute atomic E-state index is 12.1. The molecule has 0 spiro atoms. The van der Waals surface area contributed by atoms with Crippen LogP contribution < -0.4 is 5.32 Å². The number of nitro groups is 1. The summed E-state index contributed by atoms with van der Waals surface area (Å²) in [6, 6.07) is 3.65. The van der Waals surface area contributed by atoms with Crippen LogP contribution in [-0.4, -0.2) is 47.0 Å². The zero-order chi connectivity index (χ0) is 13.1. The van der Waals surface area contributed by atoms with Crippen LogP contribution >= 0.6 is 0 Å². The summed E-state index contributed by atoms with van der Waals surface area (Å²) in [6.45, 7) is 2.64. The zero-order valence-electron chi connectivity index (χ0n) is 9.63. The Morgan fingerprint density at radius 2 is 2.06 bits per heavy atom. The second-order valence-electron chi connectivity index (χ2n) is 4.00. The van der Waals surface area contributed by atoms with Crippen LogP contribution in [0.4, 0.5) is 5.69 Å². The molecule has 0 bridgehead atoms. The molecule has 7 heteroatoms. The van der Waals surface area contributed by atoms with Gasteiger partial charge in [-0.3, -0.25) is 14.9 Å². The van der Waals surface area contributed by atoms with E-state index < -0.39 is 16.4 Å². The smallest absolute Gasteiger partial charge is 0.310 e. The highest BCUT2D eigenvalue weighted by atomic mass is 16.6. The molecule has 0 aliphatic carbocycles. The second kappa shape index (κ2) is 5.01. The van der Waals surface area contributed by atoms with E-state index in [0.29, 0.717) is 13.1 Å². The predicted molar refractivity (Wildman–Crippen MR) is 63.5 cm³/mol. The van der Waals surface area contributed by atoms with E-state index in [0.717, 1.165) is 25.2 Å². The lowest BCUT2D eigenvalue weighted by Gasteiger charge is -2.27. The van der Waals surface area contributed by atoms with E-state index in [4.69, 9.17) is 0 Å². The number of carbonyl (C=O) groups excluding carboxylic acids is 1. The summed E-state index contributed by atoms with van der Waals surface area (Å²) in [4.78, 5) is 23.6. The number of amides is 1. The lowest BCUT2D eigenvalue weighted by Crippen LogP contribution is -2.46. The minimum Gasteiger partial charge on any atom is -0.502 e. The summed E-state index contributed by atoms with van der Waals surface area (Å²) in [5.41, 5.74) is -0.133. The van der Waals surface area contributed by atoms with E-state index in [1.165, 1.54) is 6.07 Å². The molecule has 1 fully saturated rings. The first-order valence-electron chi connectivity index (χ1n) is 5.57. The molecular formula is C11H13N3O4. The molecule has 0 saturated carbocycles. The number of nitrogens with zero attached hydrogens (tertiary/aromatic N) is 2. The molecular weight excluding hydrogens is 238 g/mol. The SMILES string of the molecule is O=C(c1ccc([N+](=O)[O-])c(O)c1)N1CCNCC1. The van der Waals surface area contributed by atoms with E-state index >= 15 is 0 Å². The van der Waals surface area contributed by atoms with E-state index in [2.05, 4.69) is 5.32 Å². The van der Waals surface area contributed by atoms with Crippen LogP contribution in [0.3, 0.4) is 0 Å². The number of piperazine rings is 1. The van der Waals surface area contributed by atoms with Crippen LogP contribution in [0.15, 0.2) is 18.2 Å². The molecule has 2 rings (SSSR count). The Labute approximate surface area is 103 Å². The minimum atomic E-state index is -0.686. The Bertz CT molecular complexity index is 483. The molecule has 1 aromatic rings. The average Bonchev–Trinajstić information content (AvgIpc) is 2.38. The van der Waals surface area contributed by atoms with Gasteiger partial charge in [-0.05, 0) is 12.1 Å². The van der Waals surface area contributed by atoms with Gasteiger partial charge >= 0.3 is 5.69 Å². The molecule has 96 valence electrons. The Hall–Kier alpha value is -2.15. The van der Waals surface area contributed by atoms with Crippen molar-refractivity contribution in [1.29, 1.82) is 0 Å². The molecule has 1 aliphatic heterocycles. The molecule has 1 amide bonds. The highest BCUT2D eigenvalue weighted by molar-refractivity contribution is 5.95. The molecule has 2 N–H and O–H groups in total. The fraction of sp³-hybridized carbons (Fsp3) is 0.364. The number of carbonyl (C=O) groups is 1. The fourth-order valence-electron chi connectivity index (χ4n) is 1.86. The maximum Gasteiger partial charge on any atom is 0.310 e. The number of benzene rings is 1. The van der Waals surface area contributed by atoms with Crippen molar-refractivity contribution in [2.24, 2.45) is 0 Å². The van der Waals surface area contributed by atoms with Crippen molar-refractivity contribution in [3.8, 4) is 5.75 Å². The monoisotopic (exact) mass is 251 g/mol. The van der Waals surface area contributed by atoms with Crippen LogP contribution in [0.25, 0.3) is 0 Å². The molecule has 0 atom stereocenters. The fourth-order valence-corrected chi connectivity index (χ4v) is 1.86. The molecule has 7 nitrogen and oxygen atoms in total. The highest BCUT2D eigenvalue weighted by Gasteiger charge is 2.21. The van der Waals surface area contributed by atoms with Gasteiger partial charge in [0, 0.05) is 37.8 Å². The van der Waals surface area contributed by atoms with Gasteiger partial charge in [-0.1, -0.05) is 0 Å². The number of phenols is 1. The quantitative estimate of drug-likeness (QED) is 0.584. The second-order valence-corrected chi connectivity index (χ2v) is 4.00. The Kier molecular flexibility index (Phi) is 3.42. The van der Waals surface area contributed by atoms with Crippen molar-refractivity contribution in [3.63, 3.8) is 0 Å². The number of hydrogen-bond donors (Lipinski definition) is 2. The molecule has 1 heterocycles. The maximum atomic E-state index is 12.1. The van der Waals surface area contributed by atoms with Gasteiger partial charge in [0.15, 0.2) is 5.75 Å². The van der Waals surface area contributed by atoms with E-state index in [1.807, 2.05) is 0 Å². The van der Waals surface area contributed by atoms with E-state index in [-0.39, 0.29) is 11.5 Å². The molecule has 0 radical (unpaired) electrons. The number of nitrogens with one attached hydrogen (secondary N) is 1. The third kappa shape index (κ3) is 2.40. The van der Waals surface area contributed by atoms with Crippen molar-refractivity contribution < 1.29 is 14.8 Å². The molecule has 18 heavy (non-hydrogen) atoms. The van der Waals surface area contributed by atoms with Crippen LogP contribution in [0.2, 0.25) is 0 Å². The van der Waals surface area contributed by atoms with Crippen LogP contribution in [0.5, 0.6) is 5.75 Å². The Morgan fingerprint density at radius 3 is 2.61 bits per heavy atom. The standard InChI is InChI=1S/C11H13N3O4/c15-10-7-8(1-2-9(10)14(17)18)11(16)13-5-3-12-4-6-13/h1-2,7,12,15H,3-6H2. The van der Waals surface area contributed by atoms with Crippen LogP contribution in [0, 0.1) is 10.1 Å².